The number of fused-ring (bicyclic) bond motifs is 1. The Morgan fingerprint density at radius 1 is 1.00 bits per heavy atom. The maximum atomic E-state index is 13.0. The van der Waals surface area contributed by atoms with Gasteiger partial charge in [-0.15, -0.1) is 11.3 Å². The minimum absolute atomic E-state index is 0.119. The summed E-state index contributed by atoms with van der Waals surface area (Å²) in [5.74, 6) is -0.317. The zero-order valence-electron chi connectivity index (χ0n) is 19.8. The average molecular weight is 519 g/mol. The molecule has 9 heteroatoms. The molecular formula is C27H26N4O3S2. The Kier molecular flexibility index (Phi) is 6.86. The highest BCUT2D eigenvalue weighted by atomic mass is 32.2. The van der Waals surface area contributed by atoms with E-state index in [1.165, 1.54) is 52.5 Å². The molecule has 5 rings (SSSR count). The number of hydrogen-bond acceptors (Lipinski definition) is 6. The van der Waals surface area contributed by atoms with Gasteiger partial charge in [0.1, 0.15) is 0 Å². The Labute approximate surface area is 215 Å². The van der Waals surface area contributed by atoms with Gasteiger partial charge in [-0.2, -0.15) is 0 Å². The molecule has 0 aliphatic carbocycles. The molecule has 7 nitrogen and oxygen atoms in total. The molecule has 0 atom stereocenters. The van der Waals surface area contributed by atoms with E-state index in [0.29, 0.717) is 16.4 Å². The van der Waals surface area contributed by atoms with Gasteiger partial charge in [-0.3, -0.25) is 19.3 Å². The third kappa shape index (κ3) is 5.18. The zero-order chi connectivity index (χ0) is 25.1. The van der Waals surface area contributed by atoms with Gasteiger partial charge >= 0.3 is 0 Å². The van der Waals surface area contributed by atoms with Crippen LogP contribution in [-0.4, -0.2) is 37.8 Å². The predicted molar refractivity (Wildman–Crippen MR) is 143 cm³/mol. The topological polar surface area (TPSA) is 82.6 Å². The summed E-state index contributed by atoms with van der Waals surface area (Å²) in [6.07, 6.45) is 0.843. The Balaban J connectivity index is 1.24. The van der Waals surface area contributed by atoms with E-state index in [4.69, 9.17) is 0 Å². The third-order valence-electron chi connectivity index (χ3n) is 6.17. The standard InChI is InChI=1S/C27H26N4O3S2/c1-30(22-10-6-3-7-11-22)36(33,34)23-14-12-21(13-15-23)26(32)29-27-28-24-16-17-31(19-25(24)35-27)18-20-8-4-2-5-9-20/h2-15H,16-19H2,1H3,(H,28,29,32). The van der Waals surface area contributed by atoms with E-state index in [-0.39, 0.29) is 10.8 Å². The van der Waals surface area contributed by atoms with Crippen molar-refractivity contribution in [3.63, 3.8) is 0 Å². The largest absolute Gasteiger partial charge is 0.298 e. The molecule has 0 spiro atoms. The zero-order valence-corrected chi connectivity index (χ0v) is 21.4. The van der Waals surface area contributed by atoms with Crippen molar-refractivity contribution in [3.05, 3.63) is 107 Å². The molecule has 1 aromatic heterocycles. The van der Waals surface area contributed by atoms with Gasteiger partial charge in [0.25, 0.3) is 15.9 Å². The van der Waals surface area contributed by atoms with Crippen LogP contribution in [0.2, 0.25) is 0 Å². The van der Waals surface area contributed by atoms with Crippen LogP contribution in [0, 0.1) is 0 Å². The maximum absolute atomic E-state index is 13.0. The van der Waals surface area contributed by atoms with Gasteiger partial charge in [0.05, 0.1) is 16.3 Å². The van der Waals surface area contributed by atoms with Gasteiger partial charge in [-0.25, -0.2) is 13.4 Å². The van der Waals surface area contributed by atoms with Crippen LogP contribution < -0.4 is 9.62 Å². The number of aromatic nitrogens is 1. The smallest absolute Gasteiger partial charge is 0.264 e. The normalized spacial score (nSPS) is 13.7. The van der Waals surface area contributed by atoms with Gasteiger partial charge < -0.3 is 0 Å². The molecule has 2 heterocycles. The summed E-state index contributed by atoms with van der Waals surface area (Å²) in [5, 5.41) is 3.44. The monoisotopic (exact) mass is 518 g/mol. The minimum atomic E-state index is -3.74. The first-order valence-electron chi connectivity index (χ1n) is 11.6. The van der Waals surface area contributed by atoms with E-state index in [1.807, 2.05) is 12.1 Å². The van der Waals surface area contributed by atoms with Crippen molar-refractivity contribution in [2.24, 2.45) is 0 Å². The fourth-order valence-electron chi connectivity index (χ4n) is 4.16. The summed E-state index contributed by atoms with van der Waals surface area (Å²) in [4.78, 5) is 21.1. The number of benzene rings is 3. The lowest BCUT2D eigenvalue weighted by Gasteiger charge is -2.25. The van der Waals surface area contributed by atoms with Crippen LogP contribution in [0.4, 0.5) is 10.8 Å². The number of carbonyl (C=O) groups excluding carboxylic acids is 1. The number of carbonyl (C=O) groups is 1. The molecule has 184 valence electrons. The van der Waals surface area contributed by atoms with Crippen molar-refractivity contribution in [3.8, 4) is 0 Å². The van der Waals surface area contributed by atoms with Gasteiger partial charge in [-0.05, 0) is 42.0 Å². The van der Waals surface area contributed by atoms with Crippen molar-refractivity contribution >= 4 is 38.1 Å². The van der Waals surface area contributed by atoms with E-state index < -0.39 is 10.0 Å². The Hall–Kier alpha value is -3.53. The Morgan fingerprint density at radius 3 is 2.36 bits per heavy atom. The molecule has 0 unspecified atom stereocenters. The van der Waals surface area contributed by atoms with Crippen LogP contribution in [-0.2, 0) is 29.5 Å². The van der Waals surface area contributed by atoms with Crippen molar-refractivity contribution in [2.75, 3.05) is 23.2 Å². The Morgan fingerprint density at radius 2 is 1.67 bits per heavy atom. The summed E-state index contributed by atoms with van der Waals surface area (Å²) in [6, 6.07) is 25.2. The van der Waals surface area contributed by atoms with Crippen LogP contribution in [0.15, 0.2) is 89.8 Å². The lowest BCUT2D eigenvalue weighted by molar-refractivity contribution is 0.102. The summed E-state index contributed by atoms with van der Waals surface area (Å²) in [6.45, 7) is 2.61. The molecule has 36 heavy (non-hydrogen) atoms. The van der Waals surface area contributed by atoms with E-state index >= 15 is 0 Å². The second-order valence-corrected chi connectivity index (χ2v) is 11.7. The van der Waals surface area contributed by atoms with Crippen LogP contribution in [0.3, 0.4) is 0 Å². The molecule has 1 aliphatic heterocycles. The maximum Gasteiger partial charge on any atom is 0.264 e. The van der Waals surface area contributed by atoms with E-state index in [0.717, 1.165) is 36.6 Å². The van der Waals surface area contributed by atoms with E-state index in [9.17, 15) is 13.2 Å². The van der Waals surface area contributed by atoms with Gasteiger partial charge in [0.15, 0.2) is 5.13 Å². The lowest BCUT2D eigenvalue weighted by atomic mass is 10.1. The molecule has 0 saturated carbocycles. The molecule has 0 saturated heterocycles. The number of para-hydroxylation sites is 1. The molecule has 0 fully saturated rings. The fraction of sp³-hybridized carbons (Fsp3) is 0.185. The molecule has 4 aromatic rings. The van der Waals surface area contributed by atoms with Gasteiger partial charge in [0.2, 0.25) is 0 Å². The van der Waals surface area contributed by atoms with E-state index in [2.05, 4.69) is 39.5 Å². The minimum Gasteiger partial charge on any atom is -0.298 e. The first-order valence-corrected chi connectivity index (χ1v) is 13.9. The van der Waals surface area contributed by atoms with Crippen LogP contribution >= 0.6 is 11.3 Å². The van der Waals surface area contributed by atoms with Crippen molar-refractivity contribution in [1.82, 2.24) is 9.88 Å². The predicted octanol–water partition coefficient (Wildman–Crippen LogP) is 4.78. The molecule has 1 aliphatic rings. The lowest BCUT2D eigenvalue weighted by Crippen LogP contribution is -2.29. The summed E-state index contributed by atoms with van der Waals surface area (Å²) in [5.41, 5.74) is 3.24. The third-order valence-corrected chi connectivity index (χ3v) is 8.97. The first kappa shape index (κ1) is 24.2. The van der Waals surface area contributed by atoms with Gasteiger partial charge in [0, 0.05) is 43.5 Å². The van der Waals surface area contributed by atoms with Gasteiger partial charge in [-0.1, -0.05) is 48.5 Å². The van der Waals surface area contributed by atoms with Crippen molar-refractivity contribution in [1.29, 1.82) is 0 Å². The number of hydrogen-bond donors (Lipinski definition) is 1. The Bertz CT molecular complexity index is 1450. The molecular weight excluding hydrogens is 492 g/mol. The number of nitrogens with one attached hydrogen (secondary N) is 1. The highest BCUT2D eigenvalue weighted by molar-refractivity contribution is 7.92. The number of thiazole rings is 1. The quantitative estimate of drug-likeness (QED) is 0.381. The second kappa shape index (κ2) is 10.2. The number of nitrogens with zero attached hydrogens (tertiary/aromatic N) is 3. The molecule has 0 radical (unpaired) electrons. The SMILES string of the molecule is CN(c1ccccc1)S(=O)(=O)c1ccc(C(=O)Nc2nc3c(s2)CN(Cc2ccccc2)CC3)cc1. The second-order valence-electron chi connectivity index (χ2n) is 8.62. The highest BCUT2D eigenvalue weighted by Crippen LogP contribution is 2.29. The number of amides is 1. The summed E-state index contributed by atoms with van der Waals surface area (Å²) >= 11 is 1.49. The number of anilines is 2. The molecule has 1 N–H and O–H groups in total. The van der Waals surface area contributed by atoms with Crippen LogP contribution in [0.1, 0.15) is 26.5 Å². The first-order chi connectivity index (χ1) is 17.4. The van der Waals surface area contributed by atoms with Crippen molar-refractivity contribution < 1.29 is 13.2 Å². The molecule has 1 amide bonds. The van der Waals surface area contributed by atoms with E-state index in [1.54, 1.807) is 24.3 Å². The fourth-order valence-corrected chi connectivity index (χ4v) is 6.40. The summed E-state index contributed by atoms with van der Waals surface area (Å²) < 4.78 is 27.2. The molecule has 0 bridgehead atoms. The number of rotatable bonds is 7. The van der Waals surface area contributed by atoms with Crippen LogP contribution in [0.25, 0.3) is 0 Å². The van der Waals surface area contributed by atoms with Crippen molar-refractivity contribution in [2.45, 2.75) is 24.4 Å². The number of sulfonamides is 1. The average Bonchev–Trinajstić information content (AvgIpc) is 3.31. The highest BCUT2D eigenvalue weighted by Gasteiger charge is 2.23. The van der Waals surface area contributed by atoms with Crippen LogP contribution in [0.5, 0.6) is 0 Å². The summed E-state index contributed by atoms with van der Waals surface area (Å²) in [7, 11) is -2.23. The molecule has 3 aromatic carbocycles.